The van der Waals surface area contributed by atoms with Gasteiger partial charge in [-0.2, -0.15) is 0 Å². The SMILES string of the molecule is C=CC(O)C1CCC1CN1C[C@@]2(CCCc3cc(Cl)ccc32)COc2ccc(C(O)(CC(=O)O)C(=O)OC)cc21. The van der Waals surface area contributed by atoms with Crippen LogP contribution < -0.4 is 9.64 Å². The van der Waals surface area contributed by atoms with E-state index in [0.29, 0.717) is 36.2 Å². The lowest BCUT2D eigenvalue weighted by Gasteiger charge is -2.45. The Hall–Kier alpha value is -3.07. The number of nitrogens with zero attached hydrogens (tertiary/aromatic N) is 1. The Balaban J connectivity index is 1.59. The maximum Gasteiger partial charge on any atom is 0.343 e. The van der Waals surface area contributed by atoms with Crippen LogP contribution in [0.5, 0.6) is 5.75 Å². The zero-order chi connectivity index (χ0) is 28.7. The number of fused-ring (bicyclic) bond motifs is 3. The van der Waals surface area contributed by atoms with Crippen molar-refractivity contribution < 1.29 is 34.4 Å². The number of ether oxygens (including phenoxy) is 2. The van der Waals surface area contributed by atoms with Gasteiger partial charge in [0.15, 0.2) is 5.60 Å². The Morgan fingerprint density at radius 3 is 2.77 bits per heavy atom. The summed E-state index contributed by atoms with van der Waals surface area (Å²) in [6.45, 7) is 5.44. The molecule has 2 aromatic rings. The predicted octanol–water partition coefficient (Wildman–Crippen LogP) is 4.22. The monoisotopic (exact) mass is 569 g/mol. The molecule has 8 nitrogen and oxygen atoms in total. The average Bonchev–Trinajstić information content (AvgIpc) is 3.07. The number of aryl methyl sites for hydroxylation is 1. The maximum absolute atomic E-state index is 12.7. The van der Waals surface area contributed by atoms with E-state index < -0.39 is 30.1 Å². The molecule has 0 radical (unpaired) electrons. The van der Waals surface area contributed by atoms with E-state index in [1.165, 1.54) is 17.2 Å². The number of aliphatic carboxylic acids is 1. The number of hydrogen-bond acceptors (Lipinski definition) is 7. The van der Waals surface area contributed by atoms with E-state index in [0.717, 1.165) is 39.2 Å². The number of carbonyl (C=O) groups is 2. The van der Waals surface area contributed by atoms with Gasteiger partial charge in [-0.05, 0) is 84.9 Å². The normalized spacial score (nSPS) is 25.8. The first-order valence-corrected chi connectivity index (χ1v) is 14.1. The van der Waals surface area contributed by atoms with Crippen molar-refractivity contribution in [2.75, 3.05) is 31.7 Å². The Labute approximate surface area is 239 Å². The lowest BCUT2D eigenvalue weighted by molar-refractivity contribution is -0.169. The van der Waals surface area contributed by atoms with Gasteiger partial charge in [-0.25, -0.2) is 4.79 Å². The molecule has 1 fully saturated rings. The summed E-state index contributed by atoms with van der Waals surface area (Å²) in [4.78, 5) is 26.5. The number of esters is 1. The Morgan fingerprint density at radius 1 is 1.30 bits per heavy atom. The molecule has 40 heavy (non-hydrogen) atoms. The van der Waals surface area contributed by atoms with Crippen molar-refractivity contribution in [2.45, 2.75) is 55.6 Å². The highest BCUT2D eigenvalue weighted by molar-refractivity contribution is 6.30. The summed E-state index contributed by atoms with van der Waals surface area (Å²) in [5.41, 5.74) is 0.512. The molecule has 1 saturated carbocycles. The Morgan fingerprint density at radius 2 is 2.10 bits per heavy atom. The maximum atomic E-state index is 12.7. The molecule has 0 saturated heterocycles. The minimum Gasteiger partial charge on any atom is -0.490 e. The summed E-state index contributed by atoms with van der Waals surface area (Å²) in [5.74, 6) is -1.50. The summed E-state index contributed by atoms with van der Waals surface area (Å²) in [6, 6.07) is 10.9. The van der Waals surface area contributed by atoms with Gasteiger partial charge in [0.2, 0.25) is 0 Å². The highest BCUT2D eigenvalue weighted by Crippen LogP contribution is 2.47. The van der Waals surface area contributed by atoms with Crippen LogP contribution in [0, 0.1) is 11.8 Å². The number of carboxylic acid groups (broad SMARTS) is 1. The van der Waals surface area contributed by atoms with Crippen molar-refractivity contribution in [3.05, 3.63) is 70.8 Å². The van der Waals surface area contributed by atoms with Gasteiger partial charge in [0.1, 0.15) is 5.75 Å². The molecule has 4 unspecified atom stereocenters. The fourth-order valence-corrected chi connectivity index (χ4v) is 6.97. The van der Waals surface area contributed by atoms with Crippen LogP contribution in [0.4, 0.5) is 5.69 Å². The molecule has 0 aromatic heterocycles. The molecule has 214 valence electrons. The molecule has 2 aromatic carbocycles. The molecule has 1 spiro atoms. The van der Waals surface area contributed by atoms with Gasteiger partial charge in [0.25, 0.3) is 0 Å². The van der Waals surface area contributed by atoms with Gasteiger partial charge in [0.05, 0.1) is 31.9 Å². The van der Waals surface area contributed by atoms with E-state index >= 15 is 0 Å². The summed E-state index contributed by atoms with van der Waals surface area (Å²) in [7, 11) is 1.12. The van der Waals surface area contributed by atoms with Crippen LogP contribution in [0.2, 0.25) is 5.02 Å². The number of anilines is 1. The van der Waals surface area contributed by atoms with Gasteiger partial charge in [0, 0.05) is 23.5 Å². The average molecular weight is 570 g/mol. The number of halogens is 1. The summed E-state index contributed by atoms with van der Waals surface area (Å²) >= 11 is 6.35. The van der Waals surface area contributed by atoms with E-state index in [9.17, 15) is 24.9 Å². The van der Waals surface area contributed by atoms with Gasteiger partial charge in [-0.1, -0.05) is 29.8 Å². The first-order valence-electron chi connectivity index (χ1n) is 13.7. The molecule has 5 atom stereocenters. The van der Waals surface area contributed by atoms with Gasteiger partial charge < -0.3 is 29.7 Å². The number of carboxylic acids is 1. The molecule has 2 aliphatic carbocycles. The minimum atomic E-state index is -2.36. The first kappa shape index (κ1) is 28.5. The third kappa shape index (κ3) is 5.08. The summed E-state index contributed by atoms with van der Waals surface area (Å²) in [6.07, 6.45) is 4.83. The fraction of sp³-hybridized carbons (Fsp3) is 0.484. The molecule has 5 rings (SSSR count). The predicted molar refractivity (Wildman–Crippen MR) is 151 cm³/mol. The number of aliphatic hydroxyl groups excluding tert-OH is 1. The number of rotatable bonds is 8. The zero-order valence-corrected chi connectivity index (χ0v) is 23.4. The third-order valence-electron chi connectivity index (χ3n) is 9.06. The largest absolute Gasteiger partial charge is 0.490 e. The lowest BCUT2D eigenvalue weighted by atomic mass is 9.68. The van der Waals surface area contributed by atoms with Crippen molar-refractivity contribution in [1.29, 1.82) is 0 Å². The minimum absolute atomic E-state index is 0.0840. The topological polar surface area (TPSA) is 117 Å². The third-order valence-corrected chi connectivity index (χ3v) is 9.29. The van der Waals surface area contributed by atoms with Gasteiger partial charge in [-0.15, -0.1) is 6.58 Å². The number of benzene rings is 2. The smallest absolute Gasteiger partial charge is 0.343 e. The molecule has 9 heteroatoms. The molecule has 1 aliphatic heterocycles. The van der Waals surface area contributed by atoms with Crippen LogP contribution in [0.25, 0.3) is 0 Å². The molecule has 1 heterocycles. The van der Waals surface area contributed by atoms with Crippen molar-refractivity contribution in [3.63, 3.8) is 0 Å². The molecular weight excluding hydrogens is 534 g/mol. The van der Waals surface area contributed by atoms with Crippen LogP contribution in [-0.4, -0.2) is 60.2 Å². The number of carbonyl (C=O) groups excluding carboxylic acids is 1. The number of hydrogen-bond donors (Lipinski definition) is 3. The van der Waals surface area contributed by atoms with E-state index in [1.54, 1.807) is 18.2 Å². The van der Waals surface area contributed by atoms with Gasteiger partial charge >= 0.3 is 11.9 Å². The van der Waals surface area contributed by atoms with E-state index in [-0.39, 0.29) is 22.8 Å². The zero-order valence-electron chi connectivity index (χ0n) is 22.6. The van der Waals surface area contributed by atoms with Crippen LogP contribution in [0.15, 0.2) is 49.1 Å². The molecule has 3 aliphatic rings. The Kier molecular flexibility index (Phi) is 7.88. The van der Waals surface area contributed by atoms with Crippen molar-refractivity contribution >= 4 is 29.2 Å². The highest BCUT2D eigenvalue weighted by atomic mass is 35.5. The summed E-state index contributed by atoms with van der Waals surface area (Å²) in [5, 5.41) is 32.0. The quantitative estimate of drug-likeness (QED) is 0.320. The Bertz CT molecular complexity index is 1310. The second kappa shape index (κ2) is 11.1. The van der Waals surface area contributed by atoms with Crippen LogP contribution in [0.1, 0.15) is 48.8 Å². The second-order valence-electron chi connectivity index (χ2n) is 11.4. The number of methoxy groups -OCH3 is 1. The van der Waals surface area contributed by atoms with Crippen molar-refractivity contribution in [2.24, 2.45) is 11.8 Å². The van der Waals surface area contributed by atoms with Crippen LogP contribution in [-0.2, 0) is 31.8 Å². The number of aliphatic hydroxyl groups is 2. The van der Waals surface area contributed by atoms with Crippen molar-refractivity contribution in [1.82, 2.24) is 0 Å². The fourth-order valence-electron chi connectivity index (χ4n) is 6.78. The van der Waals surface area contributed by atoms with Crippen LogP contribution >= 0.6 is 11.6 Å². The standard InChI is InChI=1S/C31H36ClNO7/c1-3-26(34)23-9-6-20(23)16-33-17-30(12-4-5-19-13-22(32)8-10-24(19)30)18-40-27-11-7-21(14-25(27)33)31(38,15-28(35)36)29(37)39-2/h3,7-8,10-11,13-14,20,23,26,34,38H,1,4-6,9,12,15-18H2,2H3,(H,35,36)/t20?,23?,26?,30-,31?/m0/s1. The highest BCUT2D eigenvalue weighted by Gasteiger charge is 2.46. The molecule has 0 bridgehead atoms. The summed E-state index contributed by atoms with van der Waals surface area (Å²) < 4.78 is 11.3. The molecule has 0 amide bonds. The van der Waals surface area contributed by atoms with E-state index in [2.05, 4.69) is 17.5 Å². The van der Waals surface area contributed by atoms with E-state index in [4.69, 9.17) is 21.1 Å². The van der Waals surface area contributed by atoms with Gasteiger partial charge in [-0.3, -0.25) is 4.79 Å². The lowest BCUT2D eigenvalue weighted by Crippen LogP contribution is -2.49. The van der Waals surface area contributed by atoms with Crippen LogP contribution in [0.3, 0.4) is 0 Å². The molecule has 3 N–H and O–H groups in total. The van der Waals surface area contributed by atoms with Crippen molar-refractivity contribution in [3.8, 4) is 5.75 Å². The second-order valence-corrected chi connectivity index (χ2v) is 11.9. The first-order chi connectivity index (χ1) is 19.1. The van der Waals surface area contributed by atoms with E-state index in [1.807, 2.05) is 12.1 Å². The molecular formula is C31H36ClNO7.